The molecule has 0 aliphatic heterocycles. The lowest BCUT2D eigenvalue weighted by molar-refractivity contribution is 0.367. The van der Waals surface area contributed by atoms with Gasteiger partial charge in [0.05, 0.1) is 0 Å². The first-order valence-electron chi connectivity index (χ1n) is 8.76. The molecule has 0 bridgehead atoms. The van der Waals surface area contributed by atoms with Crippen LogP contribution in [0.1, 0.15) is 84.4 Å². The second kappa shape index (κ2) is 8.58. The van der Waals surface area contributed by atoms with Crippen molar-refractivity contribution < 1.29 is 0 Å². The lowest BCUT2D eigenvalue weighted by atomic mass is 9.79. The van der Waals surface area contributed by atoms with Gasteiger partial charge in [0.25, 0.3) is 0 Å². The highest BCUT2D eigenvalue weighted by atomic mass is 14.9. The zero-order chi connectivity index (χ0) is 15.9. The standard InChI is InChI=1S/C20H35N/c1-7-14-21-19(15-16(8-2)9-3)17-12-10-11-13-18(17)20(4,5)6/h10-13,16,19,21H,7-9,14-15H2,1-6H3. The first-order chi connectivity index (χ1) is 9.93. The monoisotopic (exact) mass is 289 g/mol. The Bertz CT molecular complexity index is 399. The van der Waals surface area contributed by atoms with E-state index < -0.39 is 0 Å². The molecule has 1 rings (SSSR count). The van der Waals surface area contributed by atoms with Crippen molar-refractivity contribution >= 4 is 0 Å². The predicted molar refractivity (Wildman–Crippen MR) is 94.9 cm³/mol. The molecule has 1 nitrogen and oxygen atoms in total. The molecule has 1 N–H and O–H groups in total. The smallest absolute Gasteiger partial charge is 0.0325 e. The van der Waals surface area contributed by atoms with Crippen molar-refractivity contribution in [2.75, 3.05) is 6.54 Å². The summed E-state index contributed by atoms with van der Waals surface area (Å²) in [4.78, 5) is 0. The van der Waals surface area contributed by atoms with Crippen LogP contribution in [-0.4, -0.2) is 6.54 Å². The molecule has 1 heteroatoms. The summed E-state index contributed by atoms with van der Waals surface area (Å²) in [5.74, 6) is 0.812. The highest BCUT2D eigenvalue weighted by molar-refractivity contribution is 5.35. The number of nitrogens with one attached hydrogen (secondary N) is 1. The predicted octanol–water partition coefficient (Wildman–Crippen LogP) is 5.85. The Balaban J connectivity index is 3.07. The minimum Gasteiger partial charge on any atom is -0.310 e. The molecular weight excluding hydrogens is 254 g/mol. The number of rotatable bonds is 8. The molecular formula is C20H35N. The van der Waals surface area contributed by atoms with Crippen LogP contribution in [0, 0.1) is 5.92 Å². The fourth-order valence-corrected chi connectivity index (χ4v) is 3.08. The van der Waals surface area contributed by atoms with Gasteiger partial charge >= 0.3 is 0 Å². The van der Waals surface area contributed by atoms with Crippen molar-refractivity contribution in [1.82, 2.24) is 5.32 Å². The number of benzene rings is 1. The third-order valence-corrected chi connectivity index (χ3v) is 4.51. The molecule has 0 saturated heterocycles. The van der Waals surface area contributed by atoms with Gasteiger partial charge in [0, 0.05) is 6.04 Å². The Hall–Kier alpha value is -0.820. The van der Waals surface area contributed by atoms with Gasteiger partial charge in [-0.25, -0.2) is 0 Å². The Kier molecular flexibility index (Phi) is 7.45. The van der Waals surface area contributed by atoms with E-state index in [2.05, 4.69) is 71.1 Å². The Morgan fingerprint density at radius 1 is 1.00 bits per heavy atom. The van der Waals surface area contributed by atoms with Gasteiger partial charge < -0.3 is 5.32 Å². The van der Waals surface area contributed by atoms with Gasteiger partial charge in [0.2, 0.25) is 0 Å². The van der Waals surface area contributed by atoms with E-state index in [0.717, 1.165) is 12.5 Å². The van der Waals surface area contributed by atoms with E-state index in [9.17, 15) is 0 Å². The van der Waals surface area contributed by atoms with Crippen LogP contribution >= 0.6 is 0 Å². The van der Waals surface area contributed by atoms with Gasteiger partial charge in [0.1, 0.15) is 0 Å². The summed E-state index contributed by atoms with van der Waals surface area (Å²) in [6, 6.07) is 9.50. The molecule has 1 atom stereocenters. The third kappa shape index (κ3) is 5.47. The molecule has 0 saturated carbocycles. The minimum atomic E-state index is 0.205. The first kappa shape index (κ1) is 18.2. The molecule has 1 unspecified atom stereocenters. The molecule has 0 aromatic heterocycles. The van der Waals surface area contributed by atoms with Crippen LogP contribution in [0.3, 0.4) is 0 Å². The quantitative estimate of drug-likeness (QED) is 0.633. The molecule has 0 aliphatic rings. The van der Waals surface area contributed by atoms with E-state index in [1.165, 1.54) is 36.8 Å². The lowest BCUT2D eigenvalue weighted by Gasteiger charge is -2.30. The van der Waals surface area contributed by atoms with Crippen LogP contribution in [-0.2, 0) is 5.41 Å². The van der Waals surface area contributed by atoms with Gasteiger partial charge in [-0.1, -0.05) is 78.6 Å². The highest BCUT2D eigenvalue weighted by Crippen LogP contribution is 2.33. The summed E-state index contributed by atoms with van der Waals surface area (Å²) >= 11 is 0. The summed E-state index contributed by atoms with van der Waals surface area (Å²) in [6.07, 6.45) is 4.99. The number of hydrogen-bond donors (Lipinski definition) is 1. The molecule has 0 spiro atoms. The molecule has 0 radical (unpaired) electrons. The van der Waals surface area contributed by atoms with Crippen LogP contribution in [0.5, 0.6) is 0 Å². The second-order valence-corrected chi connectivity index (χ2v) is 7.26. The Morgan fingerprint density at radius 2 is 1.62 bits per heavy atom. The van der Waals surface area contributed by atoms with E-state index >= 15 is 0 Å². The van der Waals surface area contributed by atoms with Gasteiger partial charge in [0.15, 0.2) is 0 Å². The van der Waals surface area contributed by atoms with Crippen molar-refractivity contribution in [3.63, 3.8) is 0 Å². The van der Waals surface area contributed by atoms with Gasteiger partial charge in [-0.05, 0) is 41.8 Å². The SMILES string of the molecule is CCCNC(CC(CC)CC)c1ccccc1C(C)(C)C. The van der Waals surface area contributed by atoms with Crippen molar-refractivity contribution in [1.29, 1.82) is 0 Å². The lowest BCUT2D eigenvalue weighted by Crippen LogP contribution is -2.27. The maximum absolute atomic E-state index is 3.80. The normalized spacial score (nSPS) is 13.7. The van der Waals surface area contributed by atoms with Gasteiger partial charge in [-0.15, -0.1) is 0 Å². The van der Waals surface area contributed by atoms with Crippen molar-refractivity contribution in [3.8, 4) is 0 Å². The van der Waals surface area contributed by atoms with Crippen molar-refractivity contribution in [3.05, 3.63) is 35.4 Å². The van der Waals surface area contributed by atoms with Crippen LogP contribution in [0.4, 0.5) is 0 Å². The van der Waals surface area contributed by atoms with Crippen LogP contribution < -0.4 is 5.32 Å². The molecule has 120 valence electrons. The molecule has 0 amide bonds. The fourth-order valence-electron chi connectivity index (χ4n) is 3.08. The van der Waals surface area contributed by atoms with Crippen LogP contribution in [0.15, 0.2) is 24.3 Å². The maximum atomic E-state index is 3.80. The van der Waals surface area contributed by atoms with E-state index in [1.807, 2.05) is 0 Å². The molecule has 0 aliphatic carbocycles. The summed E-state index contributed by atoms with van der Waals surface area (Å²) in [6.45, 7) is 14.9. The zero-order valence-corrected chi connectivity index (χ0v) is 15.0. The molecule has 1 aromatic rings. The second-order valence-electron chi connectivity index (χ2n) is 7.26. The molecule has 0 heterocycles. The van der Waals surface area contributed by atoms with Gasteiger partial charge in [-0.3, -0.25) is 0 Å². The summed E-state index contributed by atoms with van der Waals surface area (Å²) in [7, 11) is 0. The van der Waals surface area contributed by atoms with E-state index in [0.29, 0.717) is 6.04 Å². The van der Waals surface area contributed by atoms with Crippen LogP contribution in [0.2, 0.25) is 0 Å². The summed E-state index contributed by atoms with van der Waals surface area (Å²) in [5, 5.41) is 3.80. The Morgan fingerprint density at radius 3 is 2.14 bits per heavy atom. The van der Waals surface area contributed by atoms with E-state index in [-0.39, 0.29) is 5.41 Å². The van der Waals surface area contributed by atoms with Gasteiger partial charge in [-0.2, -0.15) is 0 Å². The van der Waals surface area contributed by atoms with E-state index in [1.54, 1.807) is 0 Å². The maximum Gasteiger partial charge on any atom is 0.0325 e. The molecule has 0 fully saturated rings. The minimum absolute atomic E-state index is 0.205. The number of hydrogen-bond acceptors (Lipinski definition) is 1. The zero-order valence-electron chi connectivity index (χ0n) is 15.0. The van der Waals surface area contributed by atoms with E-state index in [4.69, 9.17) is 0 Å². The largest absolute Gasteiger partial charge is 0.310 e. The molecule has 21 heavy (non-hydrogen) atoms. The first-order valence-corrected chi connectivity index (χ1v) is 8.76. The third-order valence-electron chi connectivity index (χ3n) is 4.51. The average molecular weight is 290 g/mol. The van der Waals surface area contributed by atoms with Crippen LogP contribution in [0.25, 0.3) is 0 Å². The Labute approximate surface area is 132 Å². The molecule has 1 aromatic carbocycles. The summed E-state index contributed by atoms with van der Waals surface area (Å²) < 4.78 is 0. The topological polar surface area (TPSA) is 12.0 Å². The fraction of sp³-hybridized carbons (Fsp3) is 0.700. The van der Waals surface area contributed by atoms with Crippen molar-refractivity contribution in [2.24, 2.45) is 5.92 Å². The average Bonchev–Trinajstić information content (AvgIpc) is 2.47. The highest BCUT2D eigenvalue weighted by Gasteiger charge is 2.23. The summed E-state index contributed by atoms with van der Waals surface area (Å²) in [5.41, 5.74) is 3.20. The van der Waals surface area contributed by atoms with Crippen molar-refractivity contribution in [2.45, 2.75) is 78.7 Å².